The molecule has 0 saturated heterocycles. The first-order valence-corrected chi connectivity index (χ1v) is 5.92. The highest BCUT2D eigenvalue weighted by molar-refractivity contribution is 5.94. The molecule has 0 bridgehead atoms. The molecule has 8 heteroatoms. The van der Waals surface area contributed by atoms with E-state index in [1.54, 1.807) is 0 Å². The number of carbonyl (C=O) groups is 1. The van der Waals surface area contributed by atoms with Crippen molar-refractivity contribution in [2.24, 2.45) is 0 Å². The van der Waals surface area contributed by atoms with E-state index >= 15 is 0 Å². The number of aromatic nitrogens is 2. The van der Waals surface area contributed by atoms with Crippen LogP contribution in [0.2, 0.25) is 0 Å². The lowest BCUT2D eigenvalue weighted by Gasteiger charge is -2.13. The molecule has 0 aliphatic heterocycles. The van der Waals surface area contributed by atoms with Crippen LogP contribution in [0.4, 0.5) is 17.6 Å². The first-order valence-electron chi connectivity index (χ1n) is 5.92. The van der Waals surface area contributed by atoms with Gasteiger partial charge < -0.3 is 4.74 Å². The van der Waals surface area contributed by atoms with Gasteiger partial charge in [0.1, 0.15) is 12.1 Å². The summed E-state index contributed by atoms with van der Waals surface area (Å²) >= 11 is 0. The predicted molar refractivity (Wildman–Crippen MR) is 64.9 cm³/mol. The molecule has 0 amide bonds. The van der Waals surface area contributed by atoms with Gasteiger partial charge >= 0.3 is 12.3 Å². The Kier molecular flexibility index (Phi) is 3.97. The average molecular weight is 302 g/mol. The number of benzene rings is 1. The van der Waals surface area contributed by atoms with Gasteiger partial charge in [-0.1, -0.05) is 12.1 Å². The van der Waals surface area contributed by atoms with Crippen LogP contribution in [-0.4, -0.2) is 22.1 Å². The van der Waals surface area contributed by atoms with Gasteiger partial charge in [-0.15, -0.1) is 13.2 Å². The Bertz CT molecular complexity index is 664. The molecule has 1 aromatic carbocycles. The van der Waals surface area contributed by atoms with E-state index in [2.05, 4.69) is 9.72 Å². The molecule has 0 saturated carbocycles. The number of ether oxygens (including phenoxy) is 1. The Hall–Kier alpha value is -2.38. The van der Waals surface area contributed by atoms with Crippen LogP contribution in [0, 0.1) is 5.82 Å². The van der Waals surface area contributed by atoms with Crippen molar-refractivity contribution in [3.63, 3.8) is 0 Å². The number of halogens is 4. The summed E-state index contributed by atoms with van der Waals surface area (Å²) < 4.78 is 57.2. The lowest BCUT2D eigenvalue weighted by Crippen LogP contribution is -2.18. The first kappa shape index (κ1) is 15.0. The summed E-state index contributed by atoms with van der Waals surface area (Å²) in [6.07, 6.45) is -4.41. The highest BCUT2D eigenvalue weighted by Crippen LogP contribution is 2.33. The summed E-state index contributed by atoms with van der Waals surface area (Å²) in [7, 11) is 0. The van der Waals surface area contributed by atoms with Crippen LogP contribution in [0.5, 0.6) is 0 Å². The van der Waals surface area contributed by atoms with Crippen LogP contribution in [0.25, 0.3) is 11.3 Å². The summed E-state index contributed by atoms with van der Waals surface area (Å²) in [5, 5.41) is 0. The smallest absolute Gasteiger partial charge is 0.461 e. The Labute approximate surface area is 117 Å². The summed E-state index contributed by atoms with van der Waals surface area (Å²) in [4.78, 5) is 15.1. The van der Waals surface area contributed by atoms with Gasteiger partial charge in [0.2, 0.25) is 0 Å². The van der Waals surface area contributed by atoms with Gasteiger partial charge in [0.25, 0.3) is 0 Å². The fraction of sp³-hybridized carbons (Fsp3) is 0.231. The summed E-state index contributed by atoms with van der Waals surface area (Å²) in [6, 6.07) is 4.83. The zero-order valence-electron chi connectivity index (χ0n) is 10.8. The van der Waals surface area contributed by atoms with Gasteiger partial charge in [-0.05, 0) is 19.1 Å². The van der Waals surface area contributed by atoms with Crippen molar-refractivity contribution in [2.45, 2.75) is 13.2 Å². The molecule has 4 nitrogen and oxygen atoms in total. The van der Waals surface area contributed by atoms with Gasteiger partial charge in [0.05, 0.1) is 12.3 Å². The third kappa shape index (κ3) is 2.88. The molecule has 0 aliphatic carbocycles. The Morgan fingerprint density at radius 1 is 1.33 bits per heavy atom. The van der Waals surface area contributed by atoms with Gasteiger partial charge in [0.15, 0.2) is 5.69 Å². The molecule has 1 aromatic heterocycles. The largest absolute Gasteiger partial charge is 0.490 e. The molecule has 0 unspecified atom stereocenters. The lowest BCUT2D eigenvalue weighted by molar-refractivity contribution is -0.202. The van der Waals surface area contributed by atoms with E-state index < -0.39 is 29.5 Å². The van der Waals surface area contributed by atoms with Crippen LogP contribution in [-0.2, 0) is 11.0 Å². The van der Waals surface area contributed by atoms with Crippen LogP contribution in [0.3, 0.4) is 0 Å². The number of hydrogen-bond donors (Lipinski definition) is 0. The highest BCUT2D eigenvalue weighted by Gasteiger charge is 2.37. The Balaban J connectivity index is 2.68. The topological polar surface area (TPSA) is 44.1 Å². The van der Waals surface area contributed by atoms with Crippen molar-refractivity contribution in [3.05, 3.63) is 42.1 Å². The van der Waals surface area contributed by atoms with E-state index in [9.17, 15) is 22.4 Å². The molecule has 0 spiro atoms. The number of esters is 1. The molecule has 0 radical (unpaired) electrons. The van der Waals surface area contributed by atoms with Crippen LogP contribution in [0.1, 0.15) is 17.4 Å². The SMILES string of the molecule is CCOC(=O)c1ncn(C(F)(F)F)c1-c1ccccc1F. The number of imidazole rings is 1. The molecule has 0 fully saturated rings. The summed E-state index contributed by atoms with van der Waals surface area (Å²) in [6.45, 7) is 1.47. The number of nitrogens with zero attached hydrogens (tertiary/aromatic N) is 2. The van der Waals surface area contributed by atoms with Crippen molar-refractivity contribution in [1.29, 1.82) is 0 Å². The van der Waals surface area contributed by atoms with E-state index in [0.717, 1.165) is 12.1 Å². The third-order valence-electron chi connectivity index (χ3n) is 2.64. The average Bonchev–Trinajstić information content (AvgIpc) is 2.84. The molecule has 0 N–H and O–H groups in total. The molecule has 0 aliphatic rings. The molecule has 2 aromatic rings. The minimum absolute atomic E-state index is 0.0333. The van der Waals surface area contributed by atoms with E-state index in [0.29, 0.717) is 6.33 Å². The molecule has 0 atom stereocenters. The van der Waals surface area contributed by atoms with Crippen molar-refractivity contribution in [1.82, 2.24) is 9.55 Å². The second kappa shape index (κ2) is 5.55. The Morgan fingerprint density at radius 3 is 2.57 bits per heavy atom. The van der Waals surface area contributed by atoms with Gasteiger partial charge in [-0.25, -0.2) is 18.7 Å². The standard InChI is InChI=1S/C13H10F4N2O2/c1-2-21-12(20)10-11(8-5-3-4-6-9(8)14)19(7-18-10)13(15,16)17/h3-7H,2H2,1H3. The van der Waals surface area contributed by atoms with E-state index in [-0.39, 0.29) is 16.7 Å². The molecule has 21 heavy (non-hydrogen) atoms. The van der Waals surface area contributed by atoms with Crippen molar-refractivity contribution in [3.8, 4) is 11.3 Å². The summed E-state index contributed by atoms with van der Waals surface area (Å²) in [5.41, 5.74) is -1.64. The fourth-order valence-electron chi connectivity index (χ4n) is 1.80. The normalized spacial score (nSPS) is 11.5. The van der Waals surface area contributed by atoms with E-state index in [1.807, 2.05) is 0 Å². The van der Waals surface area contributed by atoms with E-state index in [4.69, 9.17) is 0 Å². The first-order chi connectivity index (χ1) is 9.86. The van der Waals surface area contributed by atoms with Gasteiger partial charge in [0, 0.05) is 5.56 Å². The van der Waals surface area contributed by atoms with Crippen LogP contribution in [0.15, 0.2) is 30.6 Å². The van der Waals surface area contributed by atoms with Crippen molar-refractivity contribution < 1.29 is 27.1 Å². The highest BCUT2D eigenvalue weighted by atomic mass is 19.4. The lowest BCUT2D eigenvalue weighted by atomic mass is 10.1. The zero-order chi connectivity index (χ0) is 15.6. The zero-order valence-corrected chi connectivity index (χ0v) is 10.8. The van der Waals surface area contributed by atoms with Gasteiger partial charge in [-0.2, -0.15) is 0 Å². The Morgan fingerprint density at radius 2 is 2.00 bits per heavy atom. The predicted octanol–water partition coefficient (Wildman–Crippen LogP) is 3.34. The second-order valence-electron chi connectivity index (χ2n) is 3.98. The minimum Gasteiger partial charge on any atom is -0.461 e. The molecular formula is C13H10F4N2O2. The number of rotatable bonds is 3. The fourth-order valence-corrected chi connectivity index (χ4v) is 1.80. The number of alkyl halides is 3. The monoisotopic (exact) mass is 302 g/mol. The quantitative estimate of drug-likeness (QED) is 0.645. The minimum atomic E-state index is -4.84. The van der Waals surface area contributed by atoms with Crippen LogP contribution < -0.4 is 0 Å². The van der Waals surface area contributed by atoms with Crippen molar-refractivity contribution in [2.75, 3.05) is 6.61 Å². The molecule has 112 valence electrons. The third-order valence-corrected chi connectivity index (χ3v) is 2.64. The molecular weight excluding hydrogens is 292 g/mol. The maximum Gasteiger partial charge on any atom is 0.490 e. The molecule has 2 rings (SSSR count). The summed E-state index contributed by atoms with van der Waals surface area (Å²) in [5.74, 6) is -1.94. The van der Waals surface area contributed by atoms with E-state index in [1.165, 1.54) is 19.1 Å². The number of hydrogen-bond acceptors (Lipinski definition) is 3. The van der Waals surface area contributed by atoms with Crippen molar-refractivity contribution >= 4 is 5.97 Å². The second-order valence-corrected chi connectivity index (χ2v) is 3.98. The maximum atomic E-state index is 13.8. The van der Waals surface area contributed by atoms with Gasteiger partial charge in [-0.3, -0.25) is 0 Å². The maximum absolute atomic E-state index is 13.8. The van der Waals surface area contributed by atoms with Crippen LogP contribution >= 0.6 is 0 Å². The number of carbonyl (C=O) groups excluding carboxylic acids is 1. The molecule has 1 heterocycles.